The Morgan fingerprint density at radius 1 is 1.05 bits per heavy atom. The highest BCUT2D eigenvalue weighted by Crippen LogP contribution is 2.38. The third-order valence-electron chi connectivity index (χ3n) is 6.11. The van der Waals surface area contributed by atoms with Crippen molar-refractivity contribution in [2.24, 2.45) is 4.99 Å². The molecule has 13 heteroatoms. The van der Waals surface area contributed by atoms with E-state index in [1.54, 1.807) is 48.3 Å². The van der Waals surface area contributed by atoms with Crippen LogP contribution in [0.3, 0.4) is 0 Å². The van der Waals surface area contributed by atoms with Crippen LogP contribution in [-0.2, 0) is 14.8 Å². The highest BCUT2D eigenvalue weighted by atomic mass is 32.2. The molecule has 0 aliphatic carbocycles. The molecule has 0 radical (unpaired) electrons. The first kappa shape index (κ1) is 28.2. The van der Waals surface area contributed by atoms with Gasteiger partial charge in [0.25, 0.3) is 0 Å². The molecular weight excluding hydrogens is 522 g/mol. The van der Waals surface area contributed by atoms with E-state index in [1.165, 1.54) is 14.2 Å². The van der Waals surface area contributed by atoms with Crippen LogP contribution in [-0.4, -0.2) is 71.5 Å². The largest absolute Gasteiger partial charge is 0.494 e. The number of nitrogens with one attached hydrogen (secondary N) is 1. The summed E-state index contributed by atoms with van der Waals surface area (Å²) in [6.07, 6.45) is 7.49. The highest BCUT2D eigenvalue weighted by molar-refractivity contribution is 7.93. The SMILES string of the molecule is COc1cccc(OC)c1-n1c(NS(=O)(=O)[C@H](C)[C@H](OC(C)C)c2ncc(C)cn2)nnc1C1C=CC=NC1. The first-order valence-corrected chi connectivity index (χ1v) is 14.0. The van der Waals surface area contributed by atoms with Crippen molar-refractivity contribution in [3.8, 4) is 17.2 Å². The fourth-order valence-electron chi connectivity index (χ4n) is 4.13. The Labute approximate surface area is 228 Å². The molecule has 0 saturated heterocycles. The van der Waals surface area contributed by atoms with Crippen molar-refractivity contribution in [3.05, 3.63) is 60.0 Å². The highest BCUT2D eigenvalue weighted by Gasteiger charge is 2.36. The second kappa shape index (κ2) is 11.9. The Kier molecular flexibility index (Phi) is 8.60. The number of hydrogen-bond acceptors (Lipinski definition) is 10. The van der Waals surface area contributed by atoms with Crippen LogP contribution in [0, 0.1) is 6.92 Å². The van der Waals surface area contributed by atoms with Crippen molar-refractivity contribution in [3.63, 3.8) is 0 Å². The molecule has 1 N–H and O–H groups in total. The first-order chi connectivity index (χ1) is 18.7. The molecule has 3 atom stereocenters. The topological polar surface area (TPSA) is 143 Å². The smallest absolute Gasteiger partial charge is 0.243 e. The molecule has 4 rings (SSSR count). The Hall–Kier alpha value is -3.84. The molecule has 3 heterocycles. The monoisotopic (exact) mass is 555 g/mol. The van der Waals surface area contributed by atoms with E-state index in [-0.39, 0.29) is 23.8 Å². The number of aryl methyl sites for hydroxylation is 1. The summed E-state index contributed by atoms with van der Waals surface area (Å²) < 4.78 is 49.1. The zero-order chi connectivity index (χ0) is 28.2. The molecule has 12 nitrogen and oxygen atoms in total. The lowest BCUT2D eigenvalue weighted by Gasteiger charge is -2.26. The van der Waals surface area contributed by atoms with E-state index in [1.807, 2.05) is 32.9 Å². The summed E-state index contributed by atoms with van der Waals surface area (Å²) in [4.78, 5) is 13.0. The predicted molar refractivity (Wildman–Crippen MR) is 147 cm³/mol. The summed E-state index contributed by atoms with van der Waals surface area (Å²) in [5.74, 6) is 1.34. The molecule has 39 heavy (non-hydrogen) atoms. The van der Waals surface area contributed by atoms with Crippen LogP contribution < -0.4 is 14.2 Å². The van der Waals surface area contributed by atoms with E-state index >= 15 is 0 Å². The average Bonchev–Trinajstić information content (AvgIpc) is 3.33. The van der Waals surface area contributed by atoms with E-state index in [0.29, 0.717) is 29.6 Å². The molecule has 208 valence electrons. The minimum atomic E-state index is -4.11. The Bertz CT molecular complexity index is 1430. The first-order valence-electron chi connectivity index (χ1n) is 12.4. The lowest BCUT2D eigenvalue weighted by molar-refractivity contribution is 0.00152. The van der Waals surface area contributed by atoms with Gasteiger partial charge in [-0.05, 0) is 51.5 Å². The molecule has 0 fully saturated rings. The van der Waals surface area contributed by atoms with E-state index in [2.05, 4.69) is 29.9 Å². The number of methoxy groups -OCH3 is 2. The standard InChI is InChI=1S/C26H33N7O5S/c1-16(2)38-23(24-28-13-17(3)14-29-24)18(4)39(34,35)32-26-31-30-25(19-9-8-12-27-15-19)33(26)22-20(36-5)10-7-11-21(22)37-6/h7-14,16,18-19,23H,15H2,1-6H3,(H,31,32)/t18-,19?,23+/m1/s1. The maximum absolute atomic E-state index is 13.8. The summed E-state index contributed by atoms with van der Waals surface area (Å²) in [6, 6.07) is 5.27. The van der Waals surface area contributed by atoms with Crippen LogP contribution in [0.4, 0.5) is 5.95 Å². The van der Waals surface area contributed by atoms with Gasteiger partial charge in [-0.15, -0.1) is 10.2 Å². The summed E-state index contributed by atoms with van der Waals surface area (Å²) in [7, 11) is -1.07. The van der Waals surface area contributed by atoms with Crippen LogP contribution in [0.5, 0.6) is 11.5 Å². The van der Waals surface area contributed by atoms with Gasteiger partial charge in [-0.2, -0.15) is 0 Å². The summed E-state index contributed by atoms with van der Waals surface area (Å²) in [5.41, 5.74) is 1.30. The van der Waals surface area contributed by atoms with Crippen molar-refractivity contribution in [2.45, 2.75) is 51.1 Å². The Morgan fingerprint density at radius 3 is 2.28 bits per heavy atom. The van der Waals surface area contributed by atoms with Crippen molar-refractivity contribution in [1.82, 2.24) is 24.7 Å². The lowest BCUT2D eigenvalue weighted by Crippen LogP contribution is -2.35. The number of hydrogen-bond donors (Lipinski definition) is 1. The predicted octanol–water partition coefficient (Wildman–Crippen LogP) is 3.40. The van der Waals surface area contributed by atoms with Crippen molar-refractivity contribution >= 4 is 22.2 Å². The maximum Gasteiger partial charge on any atom is 0.243 e. The molecule has 0 amide bonds. The van der Waals surface area contributed by atoms with Gasteiger partial charge in [0.2, 0.25) is 16.0 Å². The molecule has 1 unspecified atom stereocenters. The number of sulfonamides is 1. The van der Waals surface area contributed by atoms with Crippen LogP contribution in [0.1, 0.15) is 50.0 Å². The lowest BCUT2D eigenvalue weighted by atomic mass is 10.1. The Balaban J connectivity index is 1.80. The van der Waals surface area contributed by atoms with Gasteiger partial charge in [-0.25, -0.2) is 18.4 Å². The van der Waals surface area contributed by atoms with Gasteiger partial charge in [0.1, 0.15) is 34.4 Å². The quantitative estimate of drug-likeness (QED) is 0.376. The molecule has 1 aromatic carbocycles. The number of anilines is 1. The molecule has 0 spiro atoms. The van der Waals surface area contributed by atoms with Gasteiger partial charge >= 0.3 is 0 Å². The van der Waals surface area contributed by atoms with Gasteiger partial charge in [0, 0.05) is 18.6 Å². The number of ether oxygens (including phenoxy) is 3. The van der Waals surface area contributed by atoms with Crippen molar-refractivity contribution in [2.75, 3.05) is 25.5 Å². The number of allylic oxidation sites excluding steroid dienone is 1. The van der Waals surface area contributed by atoms with Crippen LogP contribution in [0.2, 0.25) is 0 Å². The molecule has 0 saturated carbocycles. The van der Waals surface area contributed by atoms with Crippen LogP contribution in [0.25, 0.3) is 5.69 Å². The fourth-order valence-corrected chi connectivity index (χ4v) is 5.21. The summed E-state index contributed by atoms with van der Waals surface area (Å²) in [6.45, 7) is 7.47. The minimum Gasteiger partial charge on any atom is -0.494 e. The zero-order valence-corrected chi connectivity index (χ0v) is 23.6. The molecule has 0 bridgehead atoms. The summed E-state index contributed by atoms with van der Waals surface area (Å²) >= 11 is 0. The number of aliphatic imine (C=N–C) groups is 1. The molecule has 1 aliphatic heterocycles. The average molecular weight is 556 g/mol. The Morgan fingerprint density at radius 2 is 1.72 bits per heavy atom. The van der Waals surface area contributed by atoms with Crippen molar-refractivity contribution in [1.29, 1.82) is 0 Å². The molecule has 1 aliphatic rings. The summed E-state index contributed by atoms with van der Waals surface area (Å²) in [5, 5.41) is 7.52. The van der Waals surface area contributed by atoms with E-state index < -0.39 is 21.4 Å². The number of para-hydroxylation sites is 1. The molecule has 3 aromatic rings. The number of benzene rings is 1. The number of aromatic nitrogens is 5. The van der Waals surface area contributed by atoms with Crippen LogP contribution in [0.15, 0.2) is 47.7 Å². The van der Waals surface area contributed by atoms with Gasteiger partial charge in [0.15, 0.2) is 5.82 Å². The number of dihydropyridines is 1. The maximum atomic E-state index is 13.8. The van der Waals surface area contributed by atoms with E-state index in [9.17, 15) is 8.42 Å². The third kappa shape index (κ3) is 6.09. The van der Waals surface area contributed by atoms with E-state index in [0.717, 1.165) is 5.56 Å². The zero-order valence-electron chi connectivity index (χ0n) is 22.8. The van der Waals surface area contributed by atoms with Crippen LogP contribution >= 0.6 is 0 Å². The fraction of sp³-hybridized carbons (Fsp3) is 0.423. The third-order valence-corrected chi connectivity index (χ3v) is 7.80. The number of rotatable bonds is 11. The number of nitrogens with zero attached hydrogens (tertiary/aromatic N) is 6. The van der Waals surface area contributed by atoms with E-state index in [4.69, 9.17) is 14.2 Å². The van der Waals surface area contributed by atoms with Gasteiger partial charge in [-0.3, -0.25) is 14.3 Å². The second-order valence-electron chi connectivity index (χ2n) is 9.31. The van der Waals surface area contributed by atoms with Gasteiger partial charge < -0.3 is 14.2 Å². The molecular formula is C26H33N7O5S. The van der Waals surface area contributed by atoms with Gasteiger partial charge in [0.05, 0.1) is 32.8 Å². The minimum absolute atomic E-state index is 0.0317. The van der Waals surface area contributed by atoms with Gasteiger partial charge in [-0.1, -0.05) is 12.1 Å². The van der Waals surface area contributed by atoms with Crippen molar-refractivity contribution < 1.29 is 22.6 Å². The second-order valence-corrected chi connectivity index (χ2v) is 11.3. The normalized spacial score (nSPS) is 16.7. The molecule has 2 aromatic heterocycles.